The second-order valence-corrected chi connectivity index (χ2v) is 3.25. The van der Waals surface area contributed by atoms with E-state index in [1.54, 1.807) is 6.20 Å². The van der Waals surface area contributed by atoms with Crippen LogP contribution in [0.2, 0.25) is 0 Å². The highest BCUT2D eigenvalue weighted by Gasteiger charge is 1.98. The Morgan fingerprint density at radius 2 is 2.31 bits per heavy atom. The van der Waals surface area contributed by atoms with Gasteiger partial charge in [-0.05, 0) is 31.3 Å². The summed E-state index contributed by atoms with van der Waals surface area (Å²) in [6.07, 6.45) is 3.64. The van der Waals surface area contributed by atoms with Crippen molar-refractivity contribution in [1.82, 2.24) is 15.0 Å². The third-order valence-corrected chi connectivity index (χ3v) is 2.02. The molecule has 0 spiro atoms. The molecule has 0 radical (unpaired) electrons. The molecule has 2 aromatic rings. The maximum Gasteiger partial charge on any atom is 0.174 e. The molecule has 0 saturated heterocycles. The summed E-state index contributed by atoms with van der Waals surface area (Å²) in [5.41, 5.74) is 3.09. The molecule has 0 unspecified atom stereocenters. The zero-order valence-electron chi connectivity index (χ0n) is 7.16. The maximum absolute atomic E-state index is 4.94. The van der Waals surface area contributed by atoms with Crippen molar-refractivity contribution < 1.29 is 0 Å². The van der Waals surface area contributed by atoms with Gasteiger partial charge in [0.25, 0.3) is 0 Å². The van der Waals surface area contributed by atoms with Gasteiger partial charge in [0.05, 0.1) is 5.69 Å². The second-order valence-electron chi connectivity index (χ2n) is 2.84. The number of H-pyrrole nitrogens is 2. The summed E-state index contributed by atoms with van der Waals surface area (Å²) in [4.78, 5) is 10.1. The molecular weight excluding hydrogens is 182 g/mol. The van der Waals surface area contributed by atoms with Gasteiger partial charge in [-0.1, -0.05) is 0 Å². The Kier molecular flexibility index (Phi) is 1.98. The molecule has 2 heterocycles. The number of hydrogen-bond acceptors (Lipinski definition) is 2. The van der Waals surface area contributed by atoms with Crippen LogP contribution in [0.25, 0.3) is 11.3 Å². The molecule has 2 aromatic heterocycles. The van der Waals surface area contributed by atoms with Gasteiger partial charge in [0.2, 0.25) is 0 Å². The fraction of sp³-hybridized carbons (Fsp3) is 0.111. The Labute approximate surface area is 80.9 Å². The van der Waals surface area contributed by atoms with Gasteiger partial charge in [-0.2, -0.15) is 0 Å². The van der Waals surface area contributed by atoms with E-state index in [9.17, 15) is 0 Å². The van der Waals surface area contributed by atoms with Crippen molar-refractivity contribution in [3.05, 3.63) is 35.0 Å². The highest BCUT2D eigenvalue weighted by atomic mass is 32.1. The Hall–Kier alpha value is -1.42. The topological polar surface area (TPSA) is 44.5 Å². The fourth-order valence-electron chi connectivity index (χ4n) is 1.20. The predicted molar refractivity (Wildman–Crippen MR) is 53.9 cm³/mol. The van der Waals surface area contributed by atoms with E-state index in [0.717, 1.165) is 17.0 Å². The van der Waals surface area contributed by atoms with Crippen LogP contribution in [0.4, 0.5) is 0 Å². The molecule has 0 atom stereocenters. The van der Waals surface area contributed by atoms with E-state index >= 15 is 0 Å². The lowest BCUT2D eigenvalue weighted by Crippen LogP contribution is -1.82. The number of aromatic nitrogens is 3. The molecule has 0 aliphatic carbocycles. The smallest absolute Gasteiger partial charge is 0.174 e. The van der Waals surface area contributed by atoms with E-state index in [0.29, 0.717) is 4.77 Å². The average Bonchev–Trinajstić information content (AvgIpc) is 2.52. The van der Waals surface area contributed by atoms with E-state index in [2.05, 4.69) is 15.0 Å². The Balaban J connectivity index is 2.52. The highest BCUT2D eigenvalue weighted by molar-refractivity contribution is 7.71. The number of aromatic amines is 2. The number of imidazole rings is 1. The molecule has 0 bridgehead atoms. The van der Waals surface area contributed by atoms with Crippen LogP contribution in [-0.2, 0) is 0 Å². The van der Waals surface area contributed by atoms with Crippen molar-refractivity contribution in [1.29, 1.82) is 0 Å². The van der Waals surface area contributed by atoms with Gasteiger partial charge in [-0.25, -0.2) is 0 Å². The van der Waals surface area contributed by atoms with Crippen molar-refractivity contribution in [2.24, 2.45) is 0 Å². The molecule has 0 aliphatic rings. The standard InChI is InChI=1S/C9H9N3S/c1-6-4-7(2-3-10-6)8-5-11-9(13)12-8/h2-5H,1H3,(H2,11,12,13). The van der Waals surface area contributed by atoms with Crippen molar-refractivity contribution >= 4 is 12.2 Å². The molecule has 0 aliphatic heterocycles. The molecule has 66 valence electrons. The number of nitrogens with one attached hydrogen (secondary N) is 2. The van der Waals surface area contributed by atoms with Crippen molar-refractivity contribution in [2.45, 2.75) is 6.92 Å². The third-order valence-electron chi connectivity index (χ3n) is 1.80. The van der Waals surface area contributed by atoms with E-state index in [4.69, 9.17) is 12.2 Å². The maximum atomic E-state index is 4.94. The molecule has 13 heavy (non-hydrogen) atoms. The van der Waals surface area contributed by atoms with E-state index in [-0.39, 0.29) is 0 Å². The van der Waals surface area contributed by atoms with E-state index < -0.39 is 0 Å². The van der Waals surface area contributed by atoms with Gasteiger partial charge in [0, 0.05) is 23.7 Å². The number of aryl methyl sites for hydroxylation is 1. The first-order valence-electron chi connectivity index (χ1n) is 3.96. The van der Waals surface area contributed by atoms with E-state index in [1.807, 2.05) is 25.3 Å². The van der Waals surface area contributed by atoms with Crippen molar-refractivity contribution in [3.8, 4) is 11.3 Å². The molecule has 3 nitrogen and oxygen atoms in total. The van der Waals surface area contributed by atoms with Crippen LogP contribution < -0.4 is 0 Å². The van der Waals surface area contributed by atoms with Gasteiger partial charge in [0.1, 0.15) is 0 Å². The van der Waals surface area contributed by atoms with Gasteiger partial charge in [-0.15, -0.1) is 0 Å². The largest absolute Gasteiger partial charge is 0.337 e. The molecule has 2 rings (SSSR count). The zero-order valence-corrected chi connectivity index (χ0v) is 7.98. The van der Waals surface area contributed by atoms with Gasteiger partial charge >= 0.3 is 0 Å². The first kappa shape index (κ1) is 8.19. The molecule has 4 heteroatoms. The number of hydrogen-bond donors (Lipinski definition) is 2. The first-order chi connectivity index (χ1) is 6.25. The SMILES string of the molecule is Cc1cc(-c2c[nH]c(=S)[nH]2)ccn1. The lowest BCUT2D eigenvalue weighted by molar-refractivity contribution is 1.20. The minimum absolute atomic E-state index is 0.643. The Morgan fingerprint density at radius 3 is 2.92 bits per heavy atom. The van der Waals surface area contributed by atoms with E-state index in [1.165, 1.54) is 0 Å². The van der Waals surface area contributed by atoms with Gasteiger partial charge in [0.15, 0.2) is 4.77 Å². The van der Waals surface area contributed by atoms with Crippen LogP contribution in [0.5, 0.6) is 0 Å². The monoisotopic (exact) mass is 191 g/mol. The molecule has 0 saturated carbocycles. The fourth-order valence-corrected chi connectivity index (χ4v) is 1.37. The minimum atomic E-state index is 0.643. The van der Waals surface area contributed by atoms with Gasteiger partial charge in [-0.3, -0.25) is 4.98 Å². The van der Waals surface area contributed by atoms with Crippen LogP contribution in [-0.4, -0.2) is 15.0 Å². The summed E-state index contributed by atoms with van der Waals surface area (Å²) < 4.78 is 0.643. The number of pyridine rings is 1. The molecule has 2 N–H and O–H groups in total. The zero-order chi connectivity index (χ0) is 9.26. The summed E-state index contributed by atoms with van der Waals surface area (Å²) in [6.45, 7) is 1.96. The number of nitrogens with zero attached hydrogens (tertiary/aromatic N) is 1. The van der Waals surface area contributed by atoms with Crippen LogP contribution in [0.3, 0.4) is 0 Å². The van der Waals surface area contributed by atoms with Crippen molar-refractivity contribution in [2.75, 3.05) is 0 Å². The Bertz CT molecular complexity index is 469. The summed E-state index contributed by atoms with van der Waals surface area (Å²) >= 11 is 4.94. The van der Waals surface area contributed by atoms with Crippen LogP contribution >= 0.6 is 12.2 Å². The highest BCUT2D eigenvalue weighted by Crippen LogP contribution is 2.15. The lowest BCUT2D eigenvalue weighted by atomic mass is 10.2. The molecule has 0 amide bonds. The van der Waals surface area contributed by atoms with Crippen LogP contribution in [0.1, 0.15) is 5.69 Å². The summed E-state index contributed by atoms with van der Waals surface area (Å²) in [7, 11) is 0. The summed E-state index contributed by atoms with van der Waals surface area (Å²) in [5, 5.41) is 0. The molecule has 0 fully saturated rings. The first-order valence-corrected chi connectivity index (χ1v) is 4.37. The van der Waals surface area contributed by atoms with Crippen molar-refractivity contribution in [3.63, 3.8) is 0 Å². The number of rotatable bonds is 1. The third kappa shape index (κ3) is 1.67. The Morgan fingerprint density at radius 1 is 1.46 bits per heavy atom. The van der Waals surface area contributed by atoms with Crippen LogP contribution in [0.15, 0.2) is 24.5 Å². The van der Waals surface area contributed by atoms with Crippen LogP contribution in [0, 0.1) is 11.7 Å². The molecule has 0 aromatic carbocycles. The lowest BCUT2D eigenvalue weighted by Gasteiger charge is -1.96. The minimum Gasteiger partial charge on any atom is -0.337 e. The van der Waals surface area contributed by atoms with Gasteiger partial charge < -0.3 is 9.97 Å². The predicted octanol–water partition coefficient (Wildman–Crippen LogP) is 2.44. The normalized spacial score (nSPS) is 10.2. The summed E-state index contributed by atoms with van der Waals surface area (Å²) in [5.74, 6) is 0. The quantitative estimate of drug-likeness (QED) is 0.680. The summed E-state index contributed by atoms with van der Waals surface area (Å²) in [6, 6.07) is 3.95. The average molecular weight is 191 g/mol. The molecular formula is C9H9N3S. The second kappa shape index (κ2) is 3.14.